The molecule has 1 heterocycles. The molecule has 1 aromatic carbocycles. The van der Waals surface area contributed by atoms with Gasteiger partial charge in [0, 0.05) is 0 Å². The summed E-state index contributed by atoms with van der Waals surface area (Å²) >= 11 is 0. The smallest absolute Gasteiger partial charge is 0.371 e. The van der Waals surface area contributed by atoms with Crippen molar-refractivity contribution in [2.24, 2.45) is 0 Å². The molecule has 2 N–H and O–H groups in total. The zero-order valence-corrected chi connectivity index (χ0v) is 7.64. The number of aromatic carboxylic acids is 1. The minimum Gasteiger partial charge on any atom is -0.475 e. The van der Waals surface area contributed by atoms with Gasteiger partial charge in [0.15, 0.2) is 11.6 Å². The molecule has 0 saturated heterocycles. The van der Waals surface area contributed by atoms with E-state index in [1.807, 2.05) is 0 Å². The third kappa shape index (κ3) is 1.34. The number of halogens is 2. The van der Waals surface area contributed by atoms with Gasteiger partial charge in [-0.05, 0) is 18.6 Å². The molecule has 0 spiro atoms. The van der Waals surface area contributed by atoms with E-state index in [1.165, 1.54) is 6.92 Å². The molecule has 78 valence electrons. The van der Waals surface area contributed by atoms with Crippen LogP contribution in [0.3, 0.4) is 0 Å². The van der Waals surface area contributed by atoms with E-state index >= 15 is 0 Å². The van der Waals surface area contributed by atoms with Gasteiger partial charge in [0.1, 0.15) is 5.52 Å². The summed E-state index contributed by atoms with van der Waals surface area (Å²) in [6, 6.07) is 0.976. The van der Waals surface area contributed by atoms with Crippen molar-refractivity contribution in [3.05, 3.63) is 29.1 Å². The monoisotopic (exact) mass is 212 g/mol. The summed E-state index contributed by atoms with van der Waals surface area (Å²) in [5.41, 5.74) is 0.295. The molecule has 2 aromatic rings. The summed E-state index contributed by atoms with van der Waals surface area (Å²) in [6.45, 7) is 1.53. The molecule has 4 nitrogen and oxygen atoms in total. The first-order chi connectivity index (χ1) is 7.00. The number of rotatable bonds is 1. The lowest BCUT2D eigenvalue weighted by molar-refractivity contribution is 0.0685. The van der Waals surface area contributed by atoms with Crippen LogP contribution in [-0.2, 0) is 0 Å². The number of hydrogen-bond donors (Lipinski definition) is 2. The number of aryl methyl sites for hydroxylation is 1. The lowest BCUT2D eigenvalue weighted by Gasteiger charge is -1.96. The number of carboxylic acid groups (broad SMARTS) is 1. The van der Waals surface area contributed by atoms with E-state index in [9.17, 15) is 13.6 Å². The molecular weight excluding hydrogens is 206 g/mol. The second-order valence-electron chi connectivity index (χ2n) is 3.10. The Kier molecular flexibility index (Phi) is 1.92. The average Bonchev–Trinajstić information content (AvgIpc) is 2.59. The average molecular weight is 212 g/mol. The molecule has 2 rings (SSSR count). The van der Waals surface area contributed by atoms with Crippen LogP contribution in [0.1, 0.15) is 16.2 Å². The van der Waals surface area contributed by atoms with E-state index < -0.39 is 23.4 Å². The summed E-state index contributed by atoms with van der Waals surface area (Å²) in [5, 5.41) is 8.63. The van der Waals surface area contributed by atoms with E-state index in [1.54, 1.807) is 0 Å². The largest absolute Gasteiger partial charge is 0.475 e. The molecule has 0 amide bonds. The fourth-order valence-electron chi connectivity index (χ4n) is 1.36. The summed E-state index contributed by atoms with van der Waals surface area (Å²) < 4.78 is 26.2. The van der Waals surface area contributed by atoms with Crippen LogP contribution in [0, 0.1) is 18.6 Å². The SMILES string of the molecule is Cc1cc(F)c(F)c2[nH]c(C(=O)O)nc12. The number of carbonyl (C=O) groups is 1. The molecule has 0 aliphatic heterocycles. The third-order valence-corrected chi connectivity index (χ3v) is 2.05. The highest BCUT2D eigenvalue weighted by molar-refractivity contribution is 5.90. The Bertz CT molecular complexity index is 563. The first-order valence-corrected chi connectivity index (χ1v) is 4.08. The van der Waals surface area contributed by atoms with Crippen LogP contribution in [-0.4, -0.2) is 21.0 Å². The highest BCUT2D eigenvalue weighted by Gasteiger charge is 2.17. The minimum absolute atomic E-state index is 0.131. The van der Waals surface area contributed by atoms with Gasteiger partial charge >= 0.3 is 5.97 Å². The Morgan fingerprint density at radius 2 is 2.20 bits per heavy atom. The summed E-state index contributed by atoms with van der Waals surface area (Å²) in [7, 11) is 0. The Hall–Kier alpha value is -1.98. The predicted molar refractivity (Wildman–Crippen MR) is 47.7 cm³/mol. The number of fused-ring (bicyclic) bond motifs is 1. The first-order valence-electron chi connectivity index (χ1n) is 4.08. The first kappa shape index (κ1) is 9.57. The number of carboxylic acids is 1. The number of aromatic nitrogens is 2. The van der Waals surface area contributed by atoms with Crippen molar-refractivity contribution in [1.29, 1.82) is 0 Å². The van der Waals surface area contributed by atoms with Crippen LogP contribution in [0.15, 0.2) is 6.07 Å². The number of H-pyrrole nitrogens is 1. The van der Waals surface area contributed by atoms with Gasteiger partial charge in [-0.2, -0.15) is 0 Å². The van der Waals surface area contributed by atoms with E-state index in [0.717, 1.165) is 6.07 Å². The molecule has 15 heavy (non-hydrogen) atoms. The standard InChI is InChI=1S/C9H6F2N2O2/c1-3-2-4(10)5(11)7-6(3)12-8(13-7)9(14)15/h2H,1H3,(H,12,13)(H,14,15). The topological polar surface area (TPSA) is 66.0 Å². The fraction of sp³-hybridized carbons (Fsp3) is 0.111. The summed E-state index contributed by atoms with van der Waals surface area (Å²) in [5.74, 6) is -3.86. The maximum absolute atomic E-state index is 13.2. The van der Waals surface area contributed by atoms with Crippen molar-refractivity contribution in [2.45, 2.75) is 6.92 Å². The van der Waals surface area contributed by atoms with Gasteiger partial charge in [-0.25, -0.2) is 18.6 Å². The highest BCUT2D eigenvalue weighted by atomic mass is 19.2. The minimum atomic E-state index is -1.31. The Balaban J connectivity index is 2.85. The van der Waals surface area contributed by atoms with Gasteiger partial charge < -0.3 is 10.1 Å². The number of benzene rings is 1. The van der Waals surface area contributed by atoms with Crippen LogP contribution in [0.25, 0.3) is 11.0 Å². The third-order valence-electron chi connectivity index (χ3n) is 2.05. The zero-order valence-electron chi connectivity index (χ0n) is 7.64. The summed E-state index contributed by atoms with van der Waals surface area (Å²) in [4.78, 5) is 16.4. The second kappa shape index (κ2) is 3.01. The van der Waals surface area contributed by atoms with Crippen molar-refractivity contribution in [2.75, 3.05) is 0 Å². The molecule has 6 heteroatoms. The van der Waals surface area contributed by atoms with E-state index in [-0.39, 0.29) is 11.0 Å². The number of aromatic amines is 1. The number of nitrogens with one attached hydrogen (secondary N) is 1. The van der Waals surface area contributed by atoms with Gasteiger partial charge in [0.2, 0.25) is 5.82 Å². The normalized spacial score (nSPS) is 10.9. The second-order valence-corrected chi connectivity index (χ2v) is 3.10. The molecule has 0 unspecified atom stereocenters. The Morgan fingerprint density at radius 3 is 2.80 bits per heavy atom. The van der Waals surface area contributed by atoms with Gasteiger partial charge in [-0.3, -0.25) is 0 Å². The van der Waals surface area contributed by atoms with Crippen LogP contribution >= 0.6 is 0 Å². The maximum atomic E-state index is 13.2. The van der Waals surface area contributed by atoms with Crippen molar-refractivity contribution in [3.63, 3.8) is 0 Å². The lowest BCUT2D eigenvalue weighted by Crippen LogP contribution is -1.98. The summed E-state index contributed by atoms with van der Waals surface area (Å²) in [6.07, 6.45) is 0. The Labute approximate surface area is 82.6 Å². The molecule has 0 fully saturated rings. The maximum Gasteiger partial charge on any atom is 0.371 e. The number of nitrogens with zero attached hydrogens (tertiary/aromatic N) is 1. The molecular formula is C9H6F2N2O2. The molecule has 0 saturated carbocycles. The van der Waals surface area contributed by atoms with Crippen LogP contribution in [0.2, 0.25) is 0 Å². The van der Waals surface area contributed by atoms with Gasteiger partial charge in [-0.1, -0.05) is 0 Å². The highest BCUT2D eigenvalue weighted by Crippen LogP contribution is 2.21. The predicted octanol–water partition coefficient (Wildman–Crippen LogP) is 1.85. The van der Waals surface area contributed by atoms with Crippen molar-refractivity contribution in [1.82, 2.24) is 9.97 Å². The molecule has 0 aliphatic rings. The van der Waals surface area contributed by atoms with Gasteiger partial charge in [-0.15, -0.1) is 0 Å². The number of imidazole rings is 1. The van der Waals surface area contributed by atoms with Crippen LogP contribution in [0.4, 0.5) is 8.78 Å². The van der Waals surface area contributed by atoms with Gasteiger partial charge in [0.05, 0.1) is 5.52 Å². The van der Waals surface area contributed by atoms with E-state index in [0.29, 0.717) is 5.56 Å². The van der Waals surface area contributed by atoms with Crippen LogP contribution in [0.5, 0.6) is 0 Å². The molecule has 0 radical (unpaired) electrons. The Morgan fingerprint density at radius 1 is 1.53 bits per heavy atom. The quantitative estimate of drug-likeness (QED) is 0.758. The van der Waals surface area contributed by atoms with Gasteiger partial charge in [0.25, 0.3) is 0 Å². The molecule has 0 bridgehead atoms. The van der Waals surface area contributed by atoms with E-state index in [2.05, 4.69) is 9.97 Å². The molecule has 0 aliphatic carbocycles. The van der Waals surface area contributed by atoms with Crippen molar-refractivity contribution < 1.29 is 18.7 Å². The zero-order chi connectivity index (χ0) is 11.2. The number of hydrogen-bond acceptors (Lipinski definition) is 2. The van der Waals surface area contributed by atoms with Crippen molar-refractivity contribution >= 4 is 17.0 Å². The van der Waals surface area contributed by atoms with Crippen molar-refractivity contribution in [3.8, 4) is 0 Å². The lowest BCUT2D eigenvalue weighted by atomic mass is 10.2. The fourth-order valence-corrected chi connectivity index (χ4v) is 1.36. The van der Waals surface area contributed by atoms with E-state index in [4.69, 9.17) is 5.11 Å². The molecule has 1 aromatic heterocycles. The van der Waals surface area contributed by atoms with Crippen LogP contribution < -0.4 is 0 Å². The molecule has 0 atom stereocenters.